The third-order valence-corrected chi connectivity index (χ3v) is 4.09. The molecule has 0 unspecified atom stereocenters. The molecule has 2 nitrogen and oxygen atoms in total. The summed E-state index contributed by atoms with van der Waals surface area (Å²) in [6.45, 7) is 4.28. The Hall–Kier alpha value is -1.28. The molecule has 1 aromatic heterocycles. The first kappa shape index (κ1) is 9.91. The van der Waals surface area contributed by atoms with Gasteiger partial charge in [0.2, 0.25) is 0 Å². The Morgan fingerprint density at radius 1 is 1.25 bits per heavy atom. The molecule has 84 valence electrons. The van der Waals surface area contributed by atoms with E-state index in [9.17, 15) is 0 Å². The highest BCUT2D eigenvalue weighted by atomic mass is 14.8. The van der Waals surface area contributed by atoms with Gasteiger partial charge < -0.3 is 10.7 Å². The number of benzene rings is 1. The Morgan fingerprint density at radius 2 is 2.00 bits per heavy atom. The number of H-pyrrole nitrogens is 1. The molecule has 1 aliphatic rings. The minimum Gasteiger partial charge on any atom is -0.361 e. The number of rotatable bonds is 2. The lowest BCUT2D eigenvalue weighted by atomic mass is 9.79. The van der Waals surface area contributed by atoms with E-state index in [-0.39, 0.29) is 11.0 Å². The Labute approximate surface area is 95.8 Å². The summed E-state index contributed by atoms with van der Waals surface area (Å²) in [5.41, 5.74) is 8.99. The number of aromatic amines is 1. The summed E-state index contributed by atoms with van der Waals surface area (Å²) in [6.07, 6.45) is 4.41. The van der Waals surface area contributed by atoms with Crippen molar-refractivity contribution in [2.24, 2.45) is 5.73 Å². The van der Waals surface area contributed by atoms with Gasteiger partial charge >= 0.3 is 0 Å². The van der Waals surface area contributed by atoms with Crippen molar-refractivity contribution < 1.29 is 0 Å². The minimum atomic E-state index is -0.132. The van der Waals surface area contributed by atoms with Gasteiger partial charge in [0.15, 0.2) is 0 Å². The Kier molecular flexibility index (Phi) is 1.79. The van der Waals surface area contributed by atoms with E-state index in [1.807, 2.05) is 6.20 Å². The first-order valence-corrected chi connectivity index (χ1v) is 5.89. The van der Waals surface area contributed by atoms with Gasteiger partial charge in [0.25, 0.3) is 0 Å². The molecular formula is C14H18N2. The van der Waals surface area contributed by atoms with Crippen molar-refractivity contribution in [2.45, 2.75) is 37.6 Å². The maximum absolute atomic E-state index is 6.32. The van der Waals surface area contributed by atoms with Crippen LogP contribution >= 0.6 is 0 Å². The van der Waals surface area contributed by atoms with Crippen molar-refractivity contribution in [3.8, 4) is 0 Å². The van der Waals surface area contributed by atoms with Crippen LogP contribution in [0.5, 0.6) is 0 Å². The smallest absolute Gasteiger partial charge is 0.0456 e. The molecule has 0 radical (unpaired) electrons. The van der Waals surface area contributed by atoms with Gasteiger partial charge in [0.1, 0.15) is 0 Å². The van der Waals surface area contributed by atoms with E-state index in [0.29, 0.717) is 0 Å². The van der Waals surface area contributed by atoms with E-state index in [4.69, 9.17) is 5.73 Å². The van der Waals surface area contributed by atoms with Crippen LogP contribution in [0.3, 0.4) is 0 Å². The standard InChI is InChI=1S/C14H18N2/c1-13(2,15)14(6-7-14)11-4-3-10-5-8-16-12(10)9-11/h3-5,8-9,16H,6-7,15H2,1-2H3. The monoisotopic (exact) mass is 214 g/mol. The fourth-order valence-corrected chi connectivity index (χ4v) is 2.78. The highest BCUT2D eigenvalue weighted by Crippen LogP contribution is 2.54. The Bertz CT molecular complexity index is 527. The fourth-order valence-electron chi connectivity index (χ4n) is 2.78. The SMILES string of the molecule is CC(C)(N)C1(c2ccc3cc[nH]c3c2)CC1. The number of fused-ring (bicyclic) bond motifs is 1. The van der Waals surface area contributed by atoms with E-state index in [1.54, 1.807) is 0 Å². The molecule has 3 N–H and O–H groups in total. The fraction of sp³-hybridized carbons (Fsp3) is 0.429. The molecule has 16 heavy (non-hydrogen) atoms. The highest BCUT2D eigenvalue weighted by Gasteiger charge is 2.53. The van der Waals surface area contributed by atoms with Crippen LogP contribution in [0.4, 0.5) is 0 Å². The van der Waals surface area contributed by atoms with E-state index in [0.717, 1.165) is 0 Å². The molecule has 1 aliphatic carbocycles. The summed E-state index contributed by atoms with van der Waals surface area (Å²) in [6, 6.07) is 8.79. The molecule has 0 bridgehead atoms. The van der Waals surface area contributed by atoms with Crippen LogP contribution in [-0.4, -0.2) is 10.5 Å². The van der Waals surface area contributed by atoms with E-state index >= 15 is 0 Å². The zero-order valence-electron chi connectivity index (χ0n) is 9.88. The van der Waals surface area contributed by atoms with E-state index in [1.165, 1.54) is 29.3 Å². The second kappa shape index (κ2) is 2.89. The quantitative estimate of drug-likeness (QED) is 0.793. The van der Waals surface area contributed by atoms with Crippen LogP contribution in [0.15, 0.2) is 30.5 Å². The van der Waals surface area contributed by atoms with Crippen LogP contribution in [0.1, 0.15) is 32.3 Å². The second-order valence-electron chi connectivity index (χ2n) is 5.58. The summed E-state index contributed by atoms with van der Waals surface area (Å²) < 4.78 is 0. The molecule has 3 rings (SSSR count). The summed E-state index contributed by atoms with van der Waals surface area (Å²) in [4.78, 5) is 3.27. The molecule has 0 spiro atoms. The second-order valence-corrected chi connectivity index (χ2v) is 5.58. The Morgan fingerprint density at radius 3 is 2.62 bits per heavy atom. The summed E-state index contributed by atoms with van der Waals surface area (Å²) in [7, 11) is 0. The molecule has 0 aliphatic heterocycles. The lowest BCUT2D eigenvalue weighted by Gasteiger charge is -2.31. The van der Waals surface area contributed by atoms with Crippen LogP contribution in [0, 0.1) is 0 Å². The summed E-state index contributed by atoms with van der Waals surface area (Å²) in [5, 5.41) is 1.27. The number of hydrogen-bond acceptors (Lipinski definition) is 1. The third-order valence-electron chi connectivity index (χ3n) is 4.09. The largest absolute Gasteiger partial charge is 0.361 e. The maximum atomic E-state index is 6.32. The molecule has 0 saturated heterocycles. The number of hydrogen-bond donors (Lipinski definition) is 2. The van der Waals surface area contributed by atoms with Gasteiger partial charge in [0.05, 0.1) is 0 Å². The first-order valence-electron chi connectivity index (χ1n) is 5.89. The molecule has 1 heterocycles. The lowest BCUT2D eigenvalue weighted by molar-refractivity contribution is 0.392. The van der Waals surface area contributed by atoms with E-state index in [2.05, 4.69) is 43.1 Å². The van der Waals surface area contributed by atoms with Gasteiger partial charge in [-0.2, -0.15) is 0 Å². The highest BCUT2D eigenvalue weighted by molar-refractivity contribution is 5.80. The summed E-state index contributed by atoms with van der Waals surface area (Å²) in [5.74, 6) is 0. The van der Waals surface area contributed by atoms with Crippen LogP contribution < -0.4 is 5.73 Å². The van der Waals surface area contributed by atoms with Crippen LogP contribution in [-0.2, 0) is 5.41 Å². The van der Waals surface area contributed by atoms with Crippen molar-refractivity contribution in [1.82, 2.24) is 4.98 Å². The average molecular weight is 214 g/mol. The number of nitrogens with two attached hydrogens (primary N) is 1. The van der Waals surface area contributed by atoms with Gasteiger partial charge in [-0.1, -0.05) is 12.1 Å². The molecular weight excluding hydrogens is 196 g/mol. The predicted octanol–water partition coefficient (Wildman–Crippen LogP) is 2.94. The molecule has 0 amide bonds. The van der Waals surface area contributed by atoms with Gasteiger partial charge in [-0.3, -0.25) is 0 Å². The van der Waals surface area contributed by atoms with Crippen molar-refractivity contribution in [1.29, 1.82) is 0 Å². The van der Waals surface area contributed by atoms with Gasteiger partial charge in [-0.05, 0) is 49.8 Å². The average Bonchev–Trinajstić information content (AvgIpc) is 2.91. The lowest BCUT2D eigenvalue weighted by Crippen LogP contribution is -2.45. The minimum absolute atomic E-state index is 0.132. The predicted molar refractivity (Wildman–Crippen MR) is 67.5 cm³/mol. The maximum Gasteiger partial charge on any atom is 0.0456 e. The topological polar surface area (TPSA) is 41.8 Å². The third kappa shape index (κ3) is 1.23. The zero-order valence-corrected chi connectivity index (χ0v) is 9.88. The molecule has 0 atom stereocenters. The van der Waals surface area contributed by atoms with Gasteiger partial charge in [-0.25, -0.2) is 0 Å². The normalized spacial score (nSPS) is 18.9. The van der Waals surface area contributed by atoms with Crippen LogP contribution in [0.2, 0.25) is 0 Å². The van der Waals surface area contributed by atoms with E-state index < -0.39 is 0 Å². The van der Waals surface area contributed by atoms with Gasteiger partial charge in [0, 0.05) is 22.7 Å². The molecule has 1 aromatic carbocycles. The zero-order chi connectivity index (χ0) is 11.4. The number of nitrogens with one attached hydrogen (secondary N) is 1. The Balaban J connectivity index is 2.12. The molecule has 2 aromatic rings. The summed E-state index contributed by atoms with van der Waals surface area (Å²) >= 11 is 0. The molecule has 2 heteroatoms. The molecule has 1 saturated carbocycles. The van der Waals surface area contributed by atoms with Crippen molar-refractivity contribution in [3.05, 3.63) is 36.0 Å². The molecule has 1 fully saturated rings. The van der Waals surface area contributed by atoms with Crippen molar-refractivity contribution in [3.63, 3.8) is 0 Å². The first-order chi connectivity index (χ1) is 7.53. The van der Waals surface area contributed by atoms with Gasteiger partial charge in [-0.15, -0.1) is 0 Å². The number of aromatic nitrogens is 1. The van der Waals surface area contributed by atoms with Crippen LogP contribution in [0.25, 0.3) is 10.9 Å². The van der Waals surface area contributed by atoms with Crippen molar-refractivity contribution in [2.75, 3.05) is 0 Å². The van der Waals surface area contributed by atoms with Crippen molar-refractivity contribution >= 4 is 10.9 Å².